The minimum atomic E-state index is -0.530. The van der Waals surface area contributed by atoms with Gasteiger partial charge in [0, 0.05) is 27.1 Å². The Kier molecular flexibility index (Phi) is 8.83. The molecule has 1 aromatic heterocycles. The Morgan fingerprint density at radius 1 is 0.880 bits per heavy atom. The third-order valence-corrected chi connectivity index (χ3v) is 8.25. The summed E-state index contributed by atoms with van der Waals surface area (Å²) in [4.78, 5) is 36.5. The quantitative estimate of drug-likeness (QED) is 0.0512. The van der Waals surface area contributed by atoms with Crippen molar-refractivity contribution in [2.45, 2.75) is 6.92 Å². The number of azo groups is 1. The molecule has 0 saturated carbocycles. The molecule has 6 aromatic rings. The maximum absolute atomic E-state index is 13.8. The number of hydrogen-bond acceptors (Lipinski definition) is 6. The Morgan fingerprint density at radius 2 is 1.58 bits per heavy atom. The third-order valence-electron chi connectivity index (χ3n) is 8.00. The Morgan fingerprint density at radius 3 is 2.34 bits per heavy atom. The van der Waals surface area contributed by atoms with Gasteiger partial charge in [0.2, 0.25) is 5.84 Å². The summed E-state index contributed by atoms with van der Waals surface area (Å²) in [6.45, 7) is 1.76. The van der Waals surface area contributed by atoms with Gasteiger partial charge in [-0.3, -0.25) is 14.5 Å². The highest BCUT2D eigenvalue weighted by Gasteiger charge is 2.30. The normalized spacial score (nSPS) is 14.2. The number of amides is 2. The summed E-state index contributed by atoms with van der Waals surface area (Å²) < 4.78 is 0. The molecule has 7 rings (SSSR count). The Bertz CT molecular complexity index is 2360. The first-order valence-electron chi connectivity index (χ1n) is 15.6. The fraction of sp³-hybridized carbons (Fsp3) is 0.0256. The van der Waals surface area contributed by atoms with Crippen LogP contribution < -0.4 is 10.3 Å². The largest absolute Gasteiger partial charge is 0.507 e. The summed E-state index contributed by atoms with van der Waals surface area (Å²) >= 11 is 5.96. The predicted octanol–water partition coefficient (Wildman–Crippen LogP) is 8.88. The lowest BCUT2D eigenvalue weighted by molar-refractivity contribution is -0.113. The van der Waals surface area contributed by atoms with Crippen LogP contribution in [0.2, 0.25) is 5.02 Å². The van der Waals surface area contributed by atoms with Gasteiger partial charge in [0.25, 0.3) is 11.8 Å². The molecule has 0 saturated heterocycles. The molecule has 0 aliphatic carbocycles. The summed E-state index contributed by atoms with van der Waals surface area (Å²) in [6.07, 6.45) is 1.82. The molecule has 0 radical (unpaired) electrons. The van der Waals surface area contributed by atoms with Gasteiger partial charge in [-0.25, -0.2) is 10.4 Å². The van der Waals surface area contributed by atoms with Crippen molar-refractivity contribution in [3.8, 4) is 17.0 Å². The molecule has 2 heterocycles. The van der Waals surface area contributed by atoms with Gasteiger partial charge in [-0.2, -0.15) is 0 Å². The number of aliphatic imine (C=N–C) groups is 1. The predicted molar refractivity (Wildman–Crippen MR) is 197 cm³/mol. The molecule has 244 valence electrons. The first kappa shape index (κ1) is 31.9. The van der Waals surface area contributed by atoms with Crippen molar-refractivity contribution in [3.63, 3.8) is 0 Å². The number of phenols is 1. The molecule has 10 nitrogen and oxygen atoms in total. The molecule has 11 heteroatoms. The van der Waals surface area contributed by atoms with Crippen LogP contribution in [0, 0.1) is 0 Å². The molecule has 0 atom stereocenters. The monoisotopic (exact) mass is 677 g/mol. The number of nitrogens with one attached hydrogen (secondary N) is 2. The highest BCUT2D eigenvalue weighted by molar-refractivity contribution is 6.30. The van der Waals surface area contributed by atoms with Gasteiger partial charge in [0.05, 0.1) is 22.6 Å². The van der Waals surface area contributed by atoms with E-state index in [4.69, 9.17) is 11.6 Å². The molecule has 0 bridgehead atoms. The molecule has 0 spiro atoms. The standard InChI is InChI=1S/C39H28ClN7O3/c1-24-41-34(23-32-30-11-5-7-13-33(30)42-36(32)25-9-3-2-4-10-25)39(50)47(24)29-21-15-26(16-22-29)38(49)46-45-37(31-12-6-8-14-35(31)48)44-43-28-19-17-27(40)18-20-28/h2-23,42,48H,1H3,(H,46,49)/b34-23-,44-43?,45-37-. The maximum Gasteiger partial charge on any atom is 0.282 e. The number of hydrazone groups is 1. The molecule has 50 heavy (non-hydrogen) atoms. The van der Waals surface area contributed by atoms with E-state index in [9.17, 15) is 14.7 Å². The molecule has 1 aliphatic rings. The van der Waals surface area contributed by atoms with Crippen molar-refractivity contribution in [3.05, 3.63) is 155 Å². The molecule has 1 aliphatic heterocycles. The summed E-state index contributed by atoms with van der Waals surface area (Å²) in [5.74, 6) is -0.406. The van der Waals surface area contributed by atoms with Crippen LogP contribution in [0.1, 0.15) is 28.4 Å². The van der Waals surface area contributed by atoms with E-state index in [1.54, 1.807) is 73.7 Å². The number of amidine groups is 2. The van der Waals surface area contributed by atoms with E-state index >= 15 is 0 Å². The summed E-state index contributed by atoms with van der Waals surface area (Å²) in [5.41, 5.74) is 8.12. The van der Waals surface area contributed by atoms with Crippen molar-refractivity contribution in [2.24, 2.45) is 20.3 Å². The number of benzene rings is 5. The maximum atomic E-state index is 13.8. The third kappa shape index (κ3) is 6.55. The van der Waals surface area contributed by atoms with Crippen LogP contribution in [0.15, 0.2) is 153 Å². The molecular formula is C39H28ClN7O3. The summed E-state index contributed by atoms with van der Waals surface area (Å²) in [5, 5.41) is 24.4. The molecular weight excluding hydrogens is 650 g/mol. The first-order chi connectivity index (χ1) is 24.4. The van der Waals surface area contributed by atoms with E-state index < -0.39 is 5.91 Å². The van der Waals surface area contributed by atoms with Crippen molar-refractivity contribution in [1.82, 2.24) is 10.4 Å². The lowest BCUT2D eigenvalue weighted by Crippen LogP contribution is -2.30. The fourth-order valence-electron chi connectivity index (χ4n) is 5.56. The number of phenolic OH excluding ortho intramolecular Hbond substituents is 1. The highest BCUT2D eigenvalue weighted by Crippen LogP contribution is 2.34. The molecule has 0 unspecified atom stereocenters. The molecule has 0 fully saturated rings. The SMILES string of the molecule is CC1=N/C(=C\c2c(-c3ccccc3)[nH]c3ccccc23)C(=O)N1c1ccc(C(=O)N/N=C(\N=Nc2ccc(Cl)cc2)c2ccccc2O)cc1. The van der Waals surface area contributed by atoms with Crippen LogP contribution >= 0.6 is 11.6 Å². The summed E-state index contributed by atoms with van der Waals surface area (Å²) in [7, 11) is 0. The minimum Gasteiger partial charge on any atom is -0.507 e. The van der Waals surface area contributed by atoms with Crippen LogP contribution in [0.5, 0.6) is 5.75 Å². The van der Waals surface area contributed by atoms with Gasteiger partial charge in [-0.1, -0.05) is 72.3 Å². The van der Waals surface area contributed by atoms with E-state index in [0.29, 0.717) is 27.9 Å². The van der Waals surface area contributed by atoms with Gasteiger partial charge in [0.15, 0.2) is 0 Å². The number of fused-ring (bicyclic) bond motifs is 1. The van der Waals surface area contributed by atoms with Crippen LogP contribution in [0.3, 0.4) is 0 Å². The van der Waals surface area contributed by atoms with Gasteiger partial charge in [-0.15, -0.1) is 15.3 Å². The van der Waals surface area contributed by atoms with E-state index in [0.717, 1.165) is 27.7 Å². The Balaban J connectivity index is 1.12. The zero-order chi connectivity index (χ0) is 34.6. The zero-order valence-corrected chi connectivity index (χ0v) is 27.3. The second-order valence-corrected chi connectivity index (χ2v) is 11.7. The zero-order valence-electron chi connectivity index (χ0n) is 26.6. The number of carbonyl (C=O) groups is 2. The van der Waals surface area contributed by atoms with Crippen molar-refractivity contribution in [2.75, 3.05) is 4.90 Å². The number of aromatic nitrogens is 1. The second kappa shape index (κ2) is 13.8. The number of hydrogen-bond donors (Lipinski definition) is 3. The van der Waals surface area contributed by atoms with E-state index in [2.05, 4.69) is 30.7 Å². The van der Waals surface area contributed by atoms with Gasteiger partial charge in [0.1, 0.15) is 17.3 Å². The summed E-state index contributed by atoms with van der Waals surface area (Å²) in [6, 6.07) is 37.6. The van der Waals surface area contributed by atoms with Crippen LogP contribution in [-0.4, -0.2) is 33.6 Å². The number of H-pyrrole nitrogens is 1. The van der Waals surface area contributed by atoms with Gasteiger partial charge < -0.3 is 10.1 Å². The lowest BCUT2D eigenvalue weighted by Gasteiger charge is -2.16. The Hall–Kier alpha value is -6.65. The molecule has 5 aromatic carbocycles. The number of nitrogens with zero attached hydrogens (tertiary/aromatic N) is 5. The average Bonchev–Trinajstić information content (AvgIpc) is 3.65. The minimum absolute atomic E-state index is 0.0116. The van der Waals surface area contributed by atoms with E-state index in [1.807, 2.05) is 60.7 Å². The average molecular weight is 678 g/mol. The van der Waals surface area contributed by atoms with Crippen molar-refractivity contribution < 1.29 is 14.7 Å². The fourth-order valence-corrected chi connectivity index (χ4v) is 5.68. The highest BCUT2D eigenvalue weighted by atomic mass is 35.5. The first-order valence-corrected chi connectivity index (χ1v) is 15.9. The van der Waals surface area contributed by atoms with Crippen LogP contribution in [0.4, 0.5) is 11.4 Å². The lowest BCUT2D eigenvalue weighted by atomic mass is 10.0. The number of aromatic hydroxyl groups is 1. The second-order valence-electron chi connectivity index (χ2n) is 11.3. The number of para-hydroxylation sites is 2. The Labute approximate surface area is 291 Å². The van der Waals surface area contributed by atoms with E-state index in [-0.39, 0.29) is 28.6 Å². The smallest absolute Gasteiger partial charge is 0.282 e. The number of aromatic amines is 1. The van der Waals surface area contributed by atoms with Crippen LogP contribution in [-0.2, 0) is 4.79 Å². The van der Waals surface area contributed by atoms with Gasteiger partial charge >= 0.3 is 0 Å². The van der Waals surface area contributed by atoms with Crippen molar-refractivity contribution in [1.29, 1.82) is 0 Å². The molecule has 2 amide bonds. The number of carbonyl (C=O) groups excluding carboxylic acids is 2. The number of rotatable bonds is 7. The van der Waals surface area contributed by atoms with Crippen LogP contribution in [0.25, 0.3) is 28.2 Å². The molecule has 3 N–H and O–H groups in total. The van der Waals surface area contributed by atoms with Crippen molar-refractivity contribution >= 4 is 63.4 Å². The number of anilines is 1. The van der Waals surface area contributed by atoms with E-state index in [1.165, 1.54) is 11.0 Å². The topological polar surface area (TPSA) is 135 Å². The van der Waals surface area contributed by atoms with Gasteiger partial charge in [-0.05, 0) is 85.3 Å². The number of halogens is 1.